The van der Waals surface area contributed by atoms with E-state index in [-0.39, 0.29) is 11.8 Å². The van der Waals surface area contributed by atoms with E-state index < -0.39 is 5.41 Å². The van der Waals surface area contributed by atoms with Crippen molar-refractivity contribution in [3.63, 3.8) is 0 Å². The number of aryl methyl sites for hydroxylation is 1. The Labute approximate surface area is 167 Å². The van der Waals surface area contributed by atoms with Gasteiger partial charge in [0.1, 0.15) is 0 Å². The van der Waals surface area contributed by atoms with E-state index in [0.29, 0.717) is 32.4 Å². The molecule has 0 saturated carbocycles. The van der Waals surface area contributed by atoms with Gasteiger partial charge in [-0.15, -0.1) is 0 Å². The summed E-state index contributed by atoms with van der Waals surface area (Å²) in [5, 5.41) is 2.85. The molecule has 148 valence electrons. The van der Waals surface area contributed by atoms with Crippen LogP contribution in [0.2, 0.25) is 0 Å². The summed E-state index contributed by atoms with van der Waals surface area (Å²) < 4.78 is 0. The van der Waals surface area contributed by atoms with Crippen LogP contribution >= 0.6 is 0 Å². The summed E-state index contributed by atoms with van der Waals surface area (Å²) in [6.07, 6.45) is 2.71. The van der Waals surface area contributed by atoms with Crippen LogP contribution in [-0.2, 0) is 16.0 Å². The molecular formula is C24H30N2O2. The minimum Gasteiger partial charge on any atom is -0.359 e. The molecule has 0 bridgehead atoms. The molecule has 1 saturated heterocycles. The molecule has 1 heterocycles. The van der Waals surface area contributed by atoms with Crippen molar-refractivity contribution in [3.05, 3.63) is 59.7 Å². The molecule has 28 heavy (non-hydrogen) atoms. The molecule has 0 spiro atoms. The molecule has 1 aliphatic heterocycles. The number of hydrogen-bond donors (Lipinski definition) is 1. The third kappa shape index (κ3) is 4.11. The third-order valence-electron chi connectivity index (χ3n) is 5.75. The average Bonchev–Trinajstić information content (AvgIpc) is 3.13. The highest BCUT2D eigenvalue weighted by atomic mass is 16.2. The van der Waals surface area contributed by atoms with Gasteiger partial charge in [-0.1, -0.05) is 61.0 Å². The van der Waals surface area contributed by atoms with Gasteiger partial charge in [-0.2, -0.15) is 0 Å². The number of amides is 2. The maximum atomic E-state index is 12.9. The van der Waals surface area contributed by atoms with Gasteiger partial charge >= 0.3 is 0 Å². The van der Waals surface area contributed by atoms with Gasteiger partial charge in [0.25, 0.3) is 0 Å². The van der Waals surface area contributed by atoms with E-state index >= 15 is 0 Å². The van der Waals surface area contributed by atoms with Gasteiger partial charge in [0, 0.05) is 26.6 Å². The minimum atomic E-state index is -0.571. The topological polar surface area (TPSA) is 49.4 Å². The SMILES string of the molecule is CCCC(=O)N1CC[C@@](Cc2ccccc2-c2cccc(C)c2)(C(=O)NC)C1. The fraction of sp³-hybridized carbons (Fsp3) is 0.417. The van der Waals surface area contributed by atoms with Crippen LogP contribution in [0, 0.1) is 12.3 Å². The van der Waals surface area contributed by atoms with Gasteiger partial charge in [0.05, 0.1) is 5.41 Å². The second-order valence-electron chi connectivity index (χ2n) is 7.88. The Bertz CT molecular complexity index is 861. The lowest BCUT2D eigenvalue weighted by Crippen LogP contribution is -2.44. The summed E-state index contributed by atoms with van der Waals surface area (Å²) in [5.74, 6) is 0.179. The van der Waals surface area contributed by atoms with Crippen molar-refractivity contribution in [2.45, 2.75) is 39.5 Å². The van der Waals surface area contributed by atoms with Gasteiger partial charge in [-0.05, 0) is 42.9 Å². The highest BCUT2D eigenvalue weighted by molar-refractivity contribution is 5.86. The monoisotopic (exact) mass is 378 g/mol. The fourth-order valence-corrected chi connectivity index (χ4v) is 4.27. The fourth-order valence-electron chi connectivity index (χ4n) is 4.27. The van der Waals surface area contributed by atoms with Crippen molar-refractivity contribution in [2.75, 3.05) is 20.1 Å². The Morgan fingerprint density at radius 2 is 1.93 bits per heavy atom. The van der Waals surface area contributed by atoms with E-state index in [1.165, 1.54) is 11.1 Å². The van der Waals surface area contributed by atoms with E-state index in [1.807, 2.05) is 24.0 Å². The first-order valence-corrected chi connectivity index (χ1v) is 10.1. The van der Waals surface area contributed by atoms with Crippen LogP contribution in [0.1, 0.15) is 37.3 Å². The number of likely N-dealkylation sites (tertiary alicyclic amines) is 1. The van der Waals surface area contributed by atoms with E-state index in [0.717, 1.165) is 17.5 Å². The van der Waals surface area contributed by atoms with Crippen LogP contribution in [0.5, 0.6) is 0 Å². The van der Waals surface area contributed by atoms with Crippen LogP contribution in [0.15, 0.2) is 48.5 Å². The smallest absolute Gasteiger partial charge is 0.228 e. The van der Waals surface area contributed by atoms with E-state index in [4.69, 9.17) is 0 Å². The molecule has 2 aromatic carbocycles. The number of nitrogens with zero attached hydrogens (tertiary/aromatic N) is 1. The molecule has 3 rings (SSSR count). The average molecular weight is 379 g/mol. The van der Waals surface area contributed by atoms with E-state index in [9.17, 15) is 9.59 Å². The van der Waals surface area contributed by atoms with Gasteiger partial charge in [-0.3, -0.25) is 9.59 Å². The van der Waals surface area contributed by atoms with Gasteiger partial charge in [-0.25, -0.2) is 0 Å². The lowest BCUT2D eigenvalue weighted by atomic mass is 9.78. The molecule has 2 amide bonds. The van der Waals surface area contributed by atoms with Crippen LogP contribution in [-0.4, -0.2) is 36.9 Å². The Morgan fingerprint density at radius 3 is 2.64 bits per heavy atom. The van der Waals surface area contributed by atoms with E-state index in [1.54, 1.807) is 7.05 Å². The Kier molecular flexibility index (Phi) is 6.18. The summed E-state index contributed by atoms with van der Waals surface area (Å²) in [5.41, 5.74) is 4.12. The van der Waals surface area contributed by atoms with Crippen molar-refractivity contribution in [1.29, 1.82) is 0 Å². The first kappa shape index (κ1) is 20.1. The Balaban J connectivity index is 1.94. The largest absolute Gasteiger partial charge is 0.359 e. The Morgan fingerprint density at radius 1 is 1.14 bits per heavy atom. The number of rotatable bonds is 6. The lowest BCUT2D eigenvalue weighted by molar-refractivity contribution is -0.133. The zero-order valence-electron chi connectivity index (χ0n) is 17.1. The van der Waals surface area contributed by atoms with Crippen LogP contribution in [0.3, 0.4) is 0 Å². The first-order chi connectivity index (χ1) is 13.5. The van der Waals surface area contributed by atoms with Crippen LogP contribution in [0.4, 0.5) is 0 Å². The van der Waals surface area contributed by atoms with Crippen LogP contribution in [0.25, 0.3) is 11.1 Å². The van der Waals surface area contributed by atoms with Crippen molar-refractivity contribution in [3.8, 4) is 11.1 Å². The normalized spacial score (nSPS) is 18.9. The van der Waals surface area contributed by atoms with Crippen molar-refractivity contribution in [1.82, 2.24) is 10.2 Å². The predicted molar refractivity (Wildman–Crippen MR) is 113 cm³/mol. The van der Waals surface area contributed by atoms with Crippen LogP contribution < -0.4 is 5.32 Å². The molecule has 4 nitrogen and oxygen atoms in total. The van der Waals surface area contributed by atoms with Crippen molar-refractivity contribution in [2.24, 2.45) is 5.41 Å². The molecule has 1 fully saturated rings. The molecule has 0 aromatic heterocycles. The molecule has 0 aliphatic carbocycles. The number of nitrogens with one attached hydrogen (secondary N) is 1. The van der Waals surface area contributed by atoms with Gasteiger partial charge in [0.2, 0.25) is 11.8 Å². The highest BCUT2D eigenvalue weighted by Gasteiger charge is 2.45. The summed E-state index contributed by atoms with van der Waals surface area (Å²) >= 11 is 0. The summed E-state index contributed by atoms with van der Waals surface area (Å²) in [6.45, 7) is 5.25. The molecule has 4 heteroatoms. The molecule has 1 atom stereocenters. The zero-order valence-corrected chi connectivity index (χ0v) is 17.1. The van der Waals surface area contributed by atoms with Crippen molar-refractivity contribution >= 4 is 11.8 Å². The maximum absolute atomic E-state index is 12.9. The summed E-state index contributed by atoms with van der Waals surface area (Å²) in [4.78, 5) is 27.2. The second-order valence-corrected chi connectivity index (χ2v) is 7.88. The predicted octanol–water partition coefficient (Wildman–Crippen LogP) is 3.97. The molecule has 2 aromatic rings. The molecule has 0 unspecified atom stereocenters. The third-order valence-corrected chi connectivity index (χ3v) is 5.75. The molecular weight excluding hydrogens is 348 g/mol. The second kappa shape index (κ2) is 8.59. The van der Waals surface area contributed by atoms with E-state index in [2.05, 4.69) is 48.6 Å². The zero-order chi connectivity index (χ0) is 20.1. The number of carbonyl (C=O) groups excluding carboxylic acids is 2. The lowest BCUT2D eigenvalue weighted by Gasteiger charge is -2.28. The first-order valence-electron chi connectivity index (χ1n) is 10.1. The van der Waals surface area contributed by atoms with Gasteiger partial charge in [0.15, 0.2) is 0 Å². The van der Waals surface area contributed by atoms with Gasteiger partial charge < -0.3 is 10.2 Å². The molecule has 1 aliphatic rings. The summed E-state index contributed by atoms with van der Waals surface area (Å²) in [7, 11) is 1.69. The number of carbonyl (C=O) groups is 2. The molecule has 0 radical (unpaired) electrons. The maximum Gasteiger partial charge on any atom is 0.228 e. The Hall–Kier alpha value is -2.62. The van der Waals surface area contributed by atoms with Crippen molar-refractivity contribution < 1.29 is 9.59 Å². The number of benzene rings is 2. The minimum absolute atomic E-state index is 0.0262. The standard InChI is InChI=1S/C24H30N2O2/c1-4-8-22(27)26-14-13-24(17-26,23(28)25-3)16-20-10-5-6-12-21(20)19-11-7-9-18(2)15-19/h5-7,9-12,15H,4,8,13-14,16-17H2,1-3H3,(H,25,28)/t24-/m0/s1. The number of hydrogen-bond acceptors (Lipinski definition) is 2. The summed E-state index contributed by atoms with van der Waals surface area (Å²) in [6, 6.07) is 16.8. The molecule has 1 N–H and O–H groups in total. The highest BCUT2D eigenvalue weighted by Crippen LogP contribution is 2.38. The quantitative estimate of drug-likeness (QED) is 0.827.